The SMILES string of the molecule is Cc1csc(-c2[nH]c(CN3CCNC3=O)nc2-c2ccc3ncsc3c2)n1. The number of carbonyl (C=O) groups excluding carboxylic acids is 1. The van der Waals surface area contributed by atoms with E-state index in [-0.39, 0.29) is 6.03 Å². The van der Waals surface area contributed by atoms with E-state index in [4.69, 9.17) is 4.98 Å². The fraction of sp³-hybridized carbons (Fsp3) is 0.222. The molecule has 0 atom stereocenters. The number of fused-ring (bicyclic) bond motifs is 1. The molecule has 0 radical (unpaired) electrons. The highest BCUT2D eigenvalue weighted by atomic mass is 32.1. The first kappa shape index (κ1) is 16.4. The molecule has 1 saturated heterocycles. The number of nitrogens with zero attached hydrogens (tertiary/aromatic N) is 4. The van der Waals surface area contributed by atoms with Crippen LogP contribution in [0.25, 0.3) is 32.2 Å². The Morgan fingerprint density at radius 1 is 1.26 bits per heavy atom. The Labute approximate surface area is 163 Å². The summed E-state index contributed by atoms with van der Waals surface area (Å²) in [5, 5.41) is 5.75. The van der Waals surface area contributed by atoms with Crippen LogP contribution in [0.5, 0.6) is 0 Å². The average molecular weight is 397 g/mol. The molecule has 1 aliphatic rings. The summed E-state index contributed by atoms with van der Waals surface area (Å²) in [7, 11) is 0. The Kier molecular flexibility index (Phi) is 3.91. The van der Waals surface area contributed by atoms with Crippen LogP contribution in [0.2, 0.25) is 0 Å². The molecule has 0 saturated carbocycles. The van der Waals surface area contributed by atoms with E-state index in [0.717, 1.165) is 43.7 Å². The molecule has 0 bridgehead atoms. The number of urea groups is 1. The molecule has 2 amide bonds. The predicted octanol–water partition coefficient (Wildman–Crippen LogP) is 3.64. The zero-order valence-electron chi connectivity index (χ0n) is 14.5. The number of carbonyl (C=O) groups is 1. The standard InChI is InChI=1S/C18H16N6OS2/c1-10-8-26-17(21-10)16-15(11-2-3-12-13(6-11)27-9-20-12)22-14(23-16)7-24-5-4-19-18(24)25/h2-3,6,8-9H,4-5,7H2,1H3,(H,19,25)(H,22,23). The van der Waals surface area contributed by atoms with Crippen LogP contribution >= 0.6 is 22.7 Å². The maximum Gasteiger partial charge on any atom is 0.317 e. The van der Waals surface area contributed by atoms with Crippen molar-refractivity contribution in [2.75, 3.05) is 13.1 Å². The number of imidazole rings is 1. The largest absolute Gasteiger partial charge is 0.338 e. The molecule has 27 heavy (non-hydrogen) atoms. The predicted molar refractivity (Wildman–Crippen MR) is 107 cm³/mol. The van der Waals surface area contributed by atoms with Gasteiger partial charge >= 0.3 is 6.03 Å². The summed E-state index contributed by atoms with van der Waals surface area (Å²) >= 11 is 3.20. The van der Waals surface area contributed by atoms with Gasteiger partial charge in [0.2, 0.25) is 0 Å². The minimum atomic E-state index is -0.0503. The second kappa shape index (κ2) is 6.43. The number of nitrogens with one attached hydrogen (secondary N) is 2. The molecular weight excluding hydrogens is 380 g/mol. The molecule has 1 fully saturated rings. The van der Waals surface area contributed by atoms with Crippen LogP contribution in [-0.2, 0) is 6.54 Å². The highest BCUT2D eigenvalue weighted by Crippen LogP contribution is 2.34. The van der Waals surface area contributed by atoms with Crippen LogP contribution in [0.15, 0.2) is 29.1 Å². The third kappa shape index (κ3) is 2.98. The van der Waals surface area contributed by atoms with Gasteiger partial charge in [0.15, 0.2) is 0 Å². The van der Waals surface area contributed by atoms with Crippen molar-refractivity contribution < 1.29 is 4.79 Å². The minimum Gasteiger partial charge on any atom is -0.338 e. The van der Waals surface area contributed by atoms with Crippen LogP contribution in [0, 0.1) is 6.92 Å². The van der Waals surface area contributed by atoms with Gasteiger partial charge in [0.25, 0.3) is 0 Å². The quantitative estimate of drug-likeness (QED) is 0.551. The van der Waals surface area contributed by atoms with Crippen LogP contribution in [0.4, 0.5) is 4.79 Å². The Balaban J connectivity index is 1.60. The second-order valence-electron chi connectivity index (χ2n) is 6.39. The lowest BCUT2D eigenvalue weighted by Crippen LogP contribution is -2.27. The number of aromatic amines is 1. The number of hydrogen-bond donors (Lipinski definition) is 2. The number of H-pyrrole nitrogens is 1. The summed E-state index contributed by atoms with van der Waals surface area (Å²) < 4.78 is 1.12. The van der Waals surface area contributed by atoms with Gasteiger partial charge in [-0.25, -0.2) is 19.7 Å². The molecule has 5 rings (SSSR count). The van der Waals surface area contributed by atoms with E-state index in [2.05, 4.69) is 26.3 Å². The highest BCUT2D eigenvalue weighted by molar-refractivity contribution is 7.16. The van der Waals surface area contributed by atoms with Crippen molar-refractivity contribution in [2.24, 2.45) is 0 Å². The first-order valence-electron chi connectivity index (χ1n) is 8.55. The van der Waals surface area contributed by atoms with Crippen LogP contribution < -0.4 is 5.32 Å². The van der Waals surface area contributed by atoms with Gasteiger partial charge < -0.3 is 15.2 Å². The smallest absolute Gasteiger partial charge is 0.317 e. The van der Waals surface area contributed by atoms with Crippen LogP contribution in [0.1, 0.15) is 11.5 Å². The maximum atomic E-state index is 11.9. The van der Waals surface area contributed by atoms with Crippen molar-refractivity contribution in [2.45, 2.75) is 13.5 Å². The lowest BCUT2D eigenvalue weighted by molar-refractivity contribution is 0.214. The number of amides is 2. The normalized spacial score (nSPS) is 14.3. The maximum absolute atomic E-state index is 11.9. The molecule has 4 heterocycles. The first-order valence-corrected chi connectivity index (χ1v) is 10.3. The zero-order valence-corrected chi connectivity index (χ0v) is 16.2. The summed E-state index contributed by atoms with van der Waals surface area (Å²) in [6, 6.07) is 6.11. The molecule has 136 valence electrons. The van der Waals surface area contributed by atoms with Crippen molar-refractivity contribution in [3.63, 3.8) is 0 Å². The van der Waals surface area contributed by atoms with Crippen molar-refractivity contribution >= 4 is 38.9 Å². The Morgan fingerprint density at radius 3 is 2.96 bits per heavy atom. The van der Waals surface area contributed by atoms with Crippen molar-refractivity contribution in [3.05, 3.63) is 40.6 Å². The van der Waals surface area contributed by atoms with E-state index in [1.54, 1.807) is 27.6 Å². The Bertz CT molecular complexity index is 1140. The van der Waals surface area contributed by atoms with Crippen LogP contribution in [-0.4, -0.2) is 44.0 Å². The third-order valence-electron chi connectivity index (χ3n) is 4.48. The lowest BCUT2D eigenvalue weighted by Gasteiger charge is -2.11. The molecule has 1 aromatic carbocycles. The zero-order chi connectivity index (χ0) is 18.4. The van der Waals surface area contributed by atoms with Gasteiger partial charge in [0.1, 0.15) is 16.5 Å². The Morgan fingerprint density at radius 2 is 2.19 bits per heavy atom. The van der Waals surface area contributed by atoms with Gasteiger partial charge in [-0.3, -0.25) is 0 Å². The summed E-state index contributed by atoms with van der Waals surface area (Å²) in [4.78, 5) is 30.8. The monoisotopic (exact) mass is 396 g/mol. The summed E-state index contributed by atoms with van der Waals surface area (Å²) in [5.41, 5.74) is 6.58. The average Bonchev–Trinajstić information content (AvgIpc) is 3.43. The molecule has 3 aromatic heterocycles. The van der Waals surface area contributed by atoms with E-state index < -0.39 is 0 Å². The molecule has 9 heteroatoms. The summed E-state index contributed by atoms with van der Waals surface area (Å²) in [6.07, 6.45) is 0. The summed E-state index contributed by atoms with van der Waals surface area (Å²) in [6.45, 7) is 3.79. The molecule has 4 aromatic rings. The fourth-order valence-electron chi connectivity index (χ4n) is 3.17. The highest BCUT2D eigenvalue weighted by Gasteiger charge is 2.23. The Hall–Kier alpha value is -2.78. The van der Waals surface area contributed by atoms with E-state index >= 15 is 0 Å². The van der Waals surface area contributed by atoms with Gasteiger partial charge in [-0.2, -0.15) is 0 Å². The molecule has 2 N–H and O–H groups in total. The number of hydrogen-bond acceptors (Lipinski definition) is 6. The molecule has 7 nitrogen and oxygen atoms in total. The second-order valence-corrected chi connectivity index (χ2v) is 8.13. The van der Waals surface area contributed by atoms with E-state index in [0.29, 0.717) is 19.6 Å². The van der Waals surface area contributed by atoms with E-state index in [1.807, 2.05) is 29.9 Å². The topological polar surface area (TPSA) is 86.8 Å². The van der Waals surface area contributed by atoms with E-state index in [1.165, 1.54) is 0 Å². The van der Waals surface area contributed by atoms with E-state index in [9.17, 15) is 4.79 Å². The fourth-order valence-corrected chi connectivity index (χ4v) is 4.69. The van der Waals surface area contributed by atoms with Crippen LogP contribution in [0.3, 0.4) is 0 Å². The van der Waals surface area contributed by atoms with Crippen molar-refractivity contribution in [1.82, 2.24) is 30.2 Å². The molecule has 0 spiro atoms. The van der Waals surface area contributed by atoms with Gasteiger partial charge in [0, 0.05) is 29.7 Å². The van der Waals surface area contributed by atoms with Gasteiger partial charge in [-0.1, -0.05) is 6.07 Å². The molecule has 1 aliphatic heterocycles. The number of benzene rings is 1. The van der Waals surface area contributed by atoms with Crippen molar-refractivity contribution in [3.8, 4) is 22.0 Å². The van der Waals surface area contributed by atoms with Gasteiger partial charge in [-0.05, 0) is 19.1 Å². The first-order chi connectivity index (χ1) is 13.2. The number of rotatable bonds is 4. The van der Waals surface area contributed by atoms with Gasteiger partial charge in [-0.15, -0.1) is 22.7 Å². The number of aryl methyl sites for hydroxylation is 1. The molecule has 0 aliphatic carbocycles. The molecular formula is C18H16N6OS2. The third-order valence-corrected chi connectivity index (χ3v) is 6.25. The minimum absolute atomic E-state index is 0.0503. The molecule has 0 unspecified atom stereocenters. The van der Waals surface area contributed by atoms with Crippen molar-refractivity contribution in [1.29, 1.82) is 0 Å². The number of aromatic nitrogens is 4. The van der Waals surface area contributed by atoms with Gasteiger partial charge in [0.05, 0.1) is 28.0 Å². The summed E-state index contributed by atoms with van der Waals surface area (Å²) in [5.74, 6) is 0.759. The number of thiazole rings is 2. The lowest BCUT2D eigenvalue weighted by atomic mass is 10.1.